The maximum absolute atomic E-state index is 11.7. The fraction of sp³-hybridized carbons (Fsp3) is 0.357. The summed E-state index contributed by atoms with van der Waals surface area (Å²) >= 11 is 0. The number of phenolic OH excluding ortho intramolecular Hbond substituents is 1. The highest BCUT2D eigenvalue weighted by Gasteiger charge is 2.17. The summed E-state index contributed by atoms with van der Waals surface area (Å²) < 4.78 is 5.24. The number of ether oxygens (including phenoxy) is 1. The highest BCUT2D eigenvalue weighted by atomic mass is 16.6. The lowest BCUT2D eigenvalue weighted by molar-refractivity contribution is -0.149. The zero-order chi connectivity index (χ0) is 13.1. The lowest BCUT2D eigenvalue weighted by Crippen LogP contribution is -2.24. The molecule has 0 saturated heterocycles. The quantitative estimate of drug-likeness (QED) is 0.631. The molecule has 17 heavy (non-hydrogen) atoms. The van der Waals surface area contributed by atoms with Gasteiger partial charge in [0.1, 0.15) is 11.4 Å². The number of carbonyl (C=O) groups excluding carboxylic acids is 1. The van der Waals surface area contributed by atoms with Crippen LogP contribution in [0.3, 0.4) is 0 Å². The van der Waals surface area contributed by atoms with Crippen molar-refractivity contribution >= 4 is 12.0 Å². The molecule has 0 aromatic heterocycles. The zero-order valence-corrected chi connectivity index (χ0v) is 10.7. The molecule has 0 fully saturated rings. The summed E-state index contributed by atoms with van der Waals surface area (Å²) in [7, 11) is 0. The second kappa shape index (κ2) is 5.04. The molecule has 0 bridgehead atoms. The minimum atomic E-state index is -0.485. The van der Waals surface area contributed by atoms with Gasteiger partial charge in [-0.05, 0) is 51.5 Å². The van der Waals surface area contributed by atoms with Crippen molar-refractivity contribution in [1.82, 2.24) is 0 Å². The Hall–Kier alpha value is -1.77. The van der Waals surface area contributed by atoms with Gasteiger partial charge in [-0.15, -0.1) is 0 Å². The van der Waals surface area contributed by atoms with Crippen LogP contribution in [0, 0.1) is 0 Å². The van der Waals surface area contributed by atoms with Gasteiger partial charge < -0.3 is 9.84 Å². The number of rotatable bonds is 2. The van der Waals surface area contributed by atoms with Crippen LogP contribution in [0.25, 0.3) is 6.08 Å². The van der Waals surface area contributed by atoms with E-state index in [4.69, 9.17) is 9.84 Å². The van der Waals surface area contributed by atoms with Crippen LogP contribution in [0.5, 0.6) is 5.75 Å². The Morgan fingerprint density at radius 1 is 1.24 bits per heavy atom. The van der Waals surface area contributed by atoms with E-state index in [9.17, 15) is 4.79 Å². The molecule has 92 valence electrons. The number of esters is 1. The molecular weight excluding hydrogens is 216 g/mol. The van der Waals surface area contributed by atoms with Crippen molar-refractivity contribution < 1.29 is 14.6 Å². The summed E-state index contributed by atoms with van der Waals surface area (Å²) in [5, 5.41) is 9.14. The van der Waals surface area contributed by atoms with Crippen LogP contribution < -0.4 is 0 Å². The summed E-state index contributed by atoms with van der Waals surface area (Å²) in [4.78, 5) is 11.7. The van der Waals surface area contributed by atoms with Crippen molar-refractivity contribution in [3.63, 3.8) is 0 Å². The molecule has 3 heteroatoms. The maximum Gasteiger partial charge on any atom is 0.334 e. The number of carbonyl (C=O) groups is 1. The van der Waals surface area contributed by atoms with E-state index in [-0.39, 0.29) is 11.7 Å². The van der Waals surface area contributed by atoms with Gasteiger partial charge in [0.05, 0.1) is 0 Å². The minimum Gasteiger partial charge on any atom is -0.508 e. The van der Waals surface area contributed by atoms with Crippen LogP contribution in [0.15, 0.2) is 29.8 Å². The Morgan fingerprint density at radius 3 is 2.24 bits per heavy atom. The fourth-order valence-corrected chi connectivity index (χ4v) is 1.24. The molecule has 0 spiro atoms. The van der Waals surface area contributed by atoms with E-state index < -0.39 is 5.60 Å². The standard InChI is InChI=1S/C14H18O3/c1-10(13(16)17-14(2,3)4)9-11-5-7-12(15)8-6-11/h5-9,15H,1-4H3. The van der Waals surface area contributed by atoms with Crippen molar-refractivity contribution in [1.29, 1.82) is 0 Å². The summed E-state index contributed by atoms with van der Waals surface area (Å²) in [5.74, 6) is -0.123. The minimum absolute atomic E-state index is 0.206. The number of aromatic hydroxyl groups is 1. The van der Waals surface area contributed by atoms with Crippen LogP contribution >= 0.6 is 0 Å². The van der Waals surface area contributed by atoms with Crippen molar-refractivity contribution in [2.24, 2.45) is 0 Å². The van der Waals surface area contributed by atoms with E-state index in [1.165, 1.54) is 0 Å². The second-order valence-corrected chi connectivity index (χ2v) is 4.92. The number of phenols is 1. The van der Waals surface area contributed by atoms with Crippen LogP contribution in [0.2, 0.25) is 0 Å². The van der Waals surface area contributed by atoms with E-state index in [0.29, 0.717) is 5.57 Å². The lowest BCUT2D eigenvalue weighted by atomic mass is 10.1. The molecule has 0 atom stereocenters. The van der Waals surface area contributed by atoms with E-state index in [1.54, 1.807) is 37.3 Å². The average molecular weight is 234 g/mol. The molecule has 1 aromatic carbocycles. The third-order valence-corrected chi connectivity index (χ3v) is 2.00. The second-order valence-electron chi connectivity index (χ2n) is 4.92. The van der Waals surface area contributed by atoms with E-state index in [1.807, 2.05) is 20.8 Å². The average Bonchev–Trinajstić information content (AvgIpc) is 2.19. The summed E-state index contributed by atoms with van der Waals surface area (Å²) in [6.07, 6.45) is 1.73. The number of hydrogen-bond donors (Lipinski definition) is 1. The van der Waals surface area contributed by atoms with E-state index >= 15 is 0 Å². The first-order chi connectivity index (χ1) is 7.78. The van der Waals surface area contributed by atoms with Crippen LogP contribution in [0.4, 0.5) is 0 Å². The zero-order valence-electron chi connectivity index (χ0n) is 10.7. The molecule has 0 aliphatic carbocycles. The van der Waals surface area contributed by atoms with Gasteiger partial charge in [-0.1, -0.05) is 12.1 Å². The Morgan fingerprint density at radius 2 is 1.76 bits per heavy atom. The summed E-state index contributed by atoms with van der Waals surface area (Å²) in [5.41, 5.74) is 0.901. The molecule has 1 rings (SSSR count). The van der Waals surface area contributed by atoms with Gasteiger partial charge in [0, 0.05) is 5.57 Å². The molecule has 1 aromatic rings. The summed E-state index contributed by atoms with van der Waals surface area (Å²) in [6, 6.07) is 6.63. The van der Waals surface area contributed by atoms with E-state index in [0.717, 1.165) is 5.56 Å². The normalized spacial score (nSPS) is 12.4. The predicted molar refractivity (Wildman–Crippen MR) is 67.6 cm³/mol. The van der Waals surface area contributed by atoms with Crippen molar-refractivity contribution in [2.45, 2.75) is 33.3 Å². The van der Waals surface area contributed by atoms with Gasteiger partial charge in [-0.3, -0.25) is 0 Å². The van der Waals surface area contributed by atoms with Gasteiger partial charge in [0.15, 0.2) is 0 Å². The first-order valence-electron chi connectivity index (χ1n) is 5.48. The van der Waals surface area contributed by atoms with E-state index in [2.05, 4.69) is 0 Å². The smallest absolute Gasteiger partial charge is 0.334 e. The third kappa shape index (κ3) is 4.72. The van der Waals surface area contributed by atoms with Crippen LogP contribution in [-0.4, -0.2) is 16.7 Å². The number of hydrogen-bond acceptors (Lipinski definition) is 3. The third-order valence-electron chi connectivity index (χ3n) is 2.00. The topological polar surface area (TPSA) is 46.5 Å². The molecule has 1 N–H and O–H groups in total. The van der Waals surface area contributed by atoms with Crippen molar-refractivity contribution in [2.75, 3.05) is 0 Å². The highest BCUT2D eigenvalue weighted by Crippen LogP contribution is 2.15. The first kappa shape index (κ1) is 13.3. The molecule has 0 unspecified atom stereocenters. The molecular formula is C14H18O3. The van der Waals surface area contributed by atoms with Gasteiger partial charge in [0.2, 0.25) is 0 Å². The molecule has 0 radical (unpaired) electrons. The molecule has 0 amide bonds. The molecule has 3 nitrogen and oxygen atoms in total. The van der Waals surface area contributed by atoms with Gasteiger partial charge in [0.25, 0.3) is 0 Å². The van der Waals surface area contributed by atoms with Crippen molar-refractivity contribution in [3.8, 4) is 5.75 Å². The van der Waals surface area contributed by atoms with Crippen molar-refractivity contribution in [3.05, 3.63) is 35.4 Å². The largest absolute Gasteiger partial charge is 0.508 e. The SMILES string of the molecule is CC(=Cc1ccc(O)cc1)C(=O)OC(C)(C)C. The highest BCUT2D eigenvalue weighted by molar-refractivity contribution is 5.93. The maximum atomic E-state index is 11.7. The first-order valence-corrected chi connectivity index (χ1v) is 5.48. The van der Waals surface area contributed by atoms with Gasteiger partial charge in [-0.2, -0.15) is 0 Å². The van der Waals surface area contributed by atoms with Crippen LogP contribution in [-0.2, 0) is 9.53 Å². The van der Waals surface area contributed by atoms with Crippen LogP contribution in [0.1, 0.15) is 33.3 Å². The predicted octanol–water partition coefficient (Wildman–Crippen LogP) is 3.14. The van der Waals surface area contributed by atoms with Gasteiger partial charge >= 0.3 is 5.97 Å². The Balaban J connectivity index is 2.79. The Bertz CT molecular complexity index is 422. The lowest BCUT2D eigenvalue weighted by Gasteiger charge is -2.19. The Labute approximate surface area is 102 Å². The molecule has 0 aliphatic heterocycles. The molecule has 0 saturated carbocycles. The summed E-state index contributed by atoms with van der Waals surface area (Å²) in [6.45, 7) is 7.21. The monoisotopic (exact) mass is 234 g/mol. The van der Waals surface area contributed by atoms with Gasteiger partial charge in [-0.25, -0.2) is 4.79 Å². The Kier molecular flexibility index (Phi) is 3.94. The fourth-order valence-electron chi connectivity index (χ4n) is 1.24. The molecule has 0 heterocycles. The number of benzene rings is 1. The molecule has 0 aliphatic rings.